The highest BCUT2D eigenvalue weighted by Gasteiger charge is 2.22. The molecule has 2 N–H and O–H groups in total. The lowest BCUT2D eigenvalue weighted by Crippen LogP contribution is -2.34. The number of hydrogen-bond donors (Lipinski definition) is 1. The van der Waals surface area contributed by atoms with Crippen LogP contribution in [0.2, 0.25) is 5.02 Å². The zero-order valence-corrected chi connectivity index (χ0v) is 15.2. The number of carbonyl (C=O) groups excluding carboxylic acids is 1. The minimum absolute atomic E-state index is 0.0182. The molecule has 0 saturated carbocycles. The van der Waals surface area contributed by atoms with E-state index in [1.807, 2.05) is 0 Å². The Morgan fingerprint density at radius 3 is 2.67 bits per heavy atom. The van der Waals surface area contributed by atoms with Crippen molar-refractivity contribution in [1.29, 1.82) is 0 Å². The summed E-state index contributed by atoms with van der Waals surface area (Å²) in [7, 11) is 0. The SMILES string of the molecule is CCOC(=O)C(N)Cc1c(-c2ccc([N+](=O)[O-])cc2)nc2ccc(Cl)cn12. The van der Waals surface area contributed by atoms with Crippen LogP contribution >= 0.6 is 11.6 Å². The standard InChI is InChI=1S/C18H17ClN4O4/c1-2-27-18(24)14(20)9-15-17(11-3-6-13(7-4-11)23(25)26)21-16-8-5-12(19)10-22(15)16/h3-8,10,14H,2,9,20H2,1H3. The van der Waals surface area contributed by atoms with Gasteiger partial charge in [-0.05, 0) is 31.2 Å². The van der Waals surface area contributed by atoms with Gasteiger partial charge in [0.2, 0.25) is 0 Å². The fourth-order valence-corrected chi connectivity index (χ4v) is 2.94. The molecule has 0 aliphatic heterocycles. The molecule has 0 saturated heterocycles. The molecule has 2 heterocycles. The van der Waals surface area contributed by atoms with Gasteiger partial charge >= 0.3 is 5.97 Å². The number of aromatic nitrogens is 2. The van der Waals surface area contributed by atoms with E-state index in [4.69, 9.17) is 22.1 Å². The van der Waals surface area contributed by atoms with E-state index in [0.717, 1.165) is 0 Å². The average Bonchev–Trinajstić information content (AvgIpc) is 2.99. The Balaban J connectivity index is 2.08. The lowest BCUT2D eigenvalue weighted by Gasteiger charge is -2.12. The molecule has 2 aromatic heterocycles. The summed E-state index contributed by atoms with van der Waals surface area (Å²) in [5.41, 5.74) is 8.52. The Labute approximate surface area is 159 Å². The minimum Gasteiger partial charge on any atom is -0.465 e. The van der Waals surface area contributed by atoms with Gasteiger partial charge in [0, 0.05) is 30.3 Å². The number of nitro benzene ring substituents is 1. The van der Waals surface area contributed by atoms with E-state index in [9.17, 15) is 14.9 Å². The van der Waals surface area contributed by atoms with E-state index >= 15 is 0 Å². The Bertz CT molecular complexity index is 1000. The van der Waals surface area contributed by atoms with E-state index in [2.05, 4.69) is 4.98 Å². The molecule has 3 rings (SSSR count). The smallest absolute Gasteiger partial charge is 0.323 e. The first-order valence-electron chi connectivity index (χ1n) is 8.24. The van der Waals surface area contributed by atoms with Crippen molar-refractivity contribution in [3.05, 3.63) is 63.4 Å². The second kappa shape index (κ2) is 7.73. The Morgan fingerprint density at radius 2 is 2.04 bits per heavy atom. The number of fused-ring (bicyclic) bond motifs is 1. The van der Waals surface area contributed by atoms with Gasteiger partial charge in [-0.15, -0.1) is 0 Å². The first kappa shape index (κ1) is 18.8. The quantitative estimate of drug-likeness (QED) is 0.394. The van der Waals surface area contributed by atoms with Crippen LogP contribution in [-0.4, -0.2) is 32.9 Å². The van der Waals surface area contributed by atoms with Gasteiger partial charge in [0.15, 0.2) is 0 Å². The van der Waals surface area contributed by atoms with Crippen LogP contribution in [0.15, 0.2) is 42.6 Å². The summed E-state index contributed by atoms with van der Waals surface area (Å²) in [5, 5.41) is 11.4. The number of esters is 1. The molecule has 0 aliphatic rings. The summed E-state index contributed by atoms with van der Waals surface area (Å²) >= 11 is 6.10. The monoisotopic (exact) mass is 388 g/mol. The fourth-order valence-electron chi connectivity index (χ4n) is 2.78. The third kappa shape index (κ3) is 3.91. The van der Waals surface area contributed by atoms with Crippen molar-refractivity contribution in [2.45, 2.75) is 19.4 Å². The molecule has 3 aromatic rings. The van der Waals surface area contributed by atoms with Crippen LogP contribution in [0.5, 0.6) is 0 Å². The molecule has 0 amide bonds. The highest BCUT2D eigenvalue weighted by atomic mass is 35.5. The van der Waals surface area contributed by atoms with Gasteiger partial charge in [0.25, 0.3) is 5.69 Å². The van der Waals surface area contributed by atoms with Gasteiger partial charge in [-0.25, -0.2) is 4.98 Å². The second-order valence-electron chi connectivity index (χ2n) is 5.85. The normalized spacial score (nSPS) is 12.1. The van der Waals surface area contributed by atoms with Crippen molar-refractivity contribution < 1.29 is 14.5 Å². The molecule has 1 unspecified atom stereocenters. The summed E-state index contributed by atoms with van der Waals surface area (Å²) in [6.45, 7) is 1.95. The average molecular weight is 389 g/mol. The molecule has 27 heavy (non-hydrogen) atoms. The van der Waals surface area contributed by atoms with Crippen molar-refractivity contribution in [3.8, 4) is 11.3 Å². The van der Waals surface area contributed by atoms with Gasteiger partial charge in [0.05, 0.1) is 27.9 Å². The third-order valence-electron chi connectivity index (χ3n) is 4.04. The van der Waals surface area contributed by atoms with E-state index in [0.29, 0.717) is 27.6 Å². The van der Waals surface area contributed by atoms with Crippen LogP contribution in [0.1, 0.15) is 12.6 Å². The zero-order valence-electron chi connectivity index (χ0n) is 14.5. The van der Waals surface area contributed by atoms with Crippen molar-refractivity contribution in [2.75, 3.05) is 6.61 Å². The number of nitrogens with zero attached hydrogens (tertiary/aromatic N) is 3. The van der Waals surface area contributed by atoms with E-state index in [-0.39, 0.29) is 18.7 Å². The third-order valence-corrected chi connectivity index (χ3v) is 4.26. The van der Waals surface area contributed by atoms with Crippen LogP contribution in [0.25, 0.3) is 16.9 Å². The molecule has 1 atom stereocenters. The van der Waals surface area contributed by atoms with Crippen LogP contribution in [0, 0.1) is 10.1 Å². The van der Waals surface area contributed by atoms with Crippen molar-refractivity contribution in [3.63, 3.8) is 0 Å². The molecule has 9 heteroatoms. The van der Waals surface area contributed by atoms with E-state index < -0.39 is 16.9 Å². The fraction of sp³-hybridized carbons (Fsp3) is 0.222. The number of benzene rings is 1. The Morgan fingerprint density at radius 1 is 1.33 bits per heavy atom. The number of non-ortho nitro benzene ring substituents is 1. The summed E-state index contributed by atoms with van der Waals surface area (Å²) in [6.07, 6.45) is 1.86. The lowest BCUT2D eigenvalue weighted by molar-refractivity contribution is -0.384. The number of halogens is 1. The largest absolute Gasteiger partial charge is 0.465 e. The van der Waals surface area contributed by atoms with Gasteiger partial charge in [-0.1, -0.05) is 11.6 Å². The number of hydrogen-bond acceptors (Lipinski definition) is 6. The maximum Gasteiger partial charge on any atom is 0.323 e. The van der Waals surface area contributed by atoms with Crippen molar-refractivity contribution in [2.24, 2.45) is 5.73 Å². The summed E-state index contributed by atoms with van der Waals surface area (Å²) in [4.78, 5) is 27.0. The maximum absolute atomic E-state index is 12.0. The number of imidazole rings is 1. The van der Waals surface area contributed by atoms with Crippen LogP contribution in [-0.2, 0) is 16.0 Å². The first-order valence-corrected chi connectivity index (χ1v) is 8.62. The molecular weight excluding hydrogens is 372 g/mol. The van der Waals surface area contributed by atoms with Gasteiger partial charge in [0.1, 0.15) is 11.7 Å². The zero-order chi connectivity index (χ0) is 19.6. The number of nitrogens with two attached hydrogens (primary N) is 1. The van der Waals surface area contributed by atoms with Crippen molar-refractivity contribution in [1.82, 2.24) is 9.38 Å². The second-order valence-corrected chi connectivity index (χ2v) is 6.29. The van der Waals surface area contributed by atoms with Gasteiger partial charge in [-0.2, -0.15) is 0 Å². The van der Waals surface area contributed by atoms with E-state index in [1.165, 1.54) is 12.1 Å². The number of pyridine rings is 1. The Hall–Kier alpha value is -2.97. The molecule has 0 spiro atoms. The predicted octanol–water partition coefficient (Wildman–Crippen LogP) is 3.00. The minimum atomic E-state index is -0.874. The molecule has 140 valence electrons. The lowest BCUT2D eigenvalue weighted by atomic mass is 10.1. The van der Waals surface area contributed by atoms with Crippen LogP contribution < -0.4 is 5.73 Å². The van der Waals surface area contributed by atoms with E-state index in [1.54, 1.807) is 41.8 Å². The summed E-state index contributed by atoms with van der Waals surface area (Å²) < 4.78 is 6.74. The topological polar surface area (TPSA) is 113 Å². The van der Waals surface area contributed by atoms with Gasteiger partial charge < -0.3 is 14.9 Å². The molecule has 8 nitrogen and oxygen atoms in total. The molecule has 0 bridgehead atoms. The van der Waals surface area contributed by atoms with Crippen LogP contribution in [0.4, 0.5) is 5.69 Å². The number of ether oxygens (including phenoxy) is 1. The highest BCUT2D eigenvalue weighted by molar-refractivity contribution is 6.30. The highest BCUT2D eigenvalue weighted by Crippen LogP contribution is 2.28. The molecule has 1 aromatic carbocycles. The predicted molar refractivity (Wildman–Crippen MR) is 101 cm³/mol. The number of carbonyl (C=O) groups is 1. The molecule has 0 aliphatic carbocycles. The maximum atomic E-state index is 12.0. The van der Waals surface area contributed by atoms with Gasteiger partial charge in [-0.3, -0.25) is 14.9 Å². The number of rotatable bonds is 6. The molecular formula is C18H17ClN4O4. The van der Waals surface area contributed by atoms with Crippen LogP contribution in [0.3, 0.4) is 0 Å². The molecule has 0 fully saturated rings. The number of nitro groups is 1. The Kier molecular flexibility index (Phi) is 5.38. The van der Waals surface area contributed by atoms with Crippen molar-refractivity contribution >= 4 is 28.9 Å². The molecule has 0 radical (unpaired) electrons. The first-order chi connectivity index (χ1) is 12.9. The summed E-state index contributed by atoms with van der Waals surface area (Å²) in [6, 6.07) is 8.61. The summed E-state index contributed by atoms with van der Waals surface area (Å²) in [5.74, 6) is -0.510.